The Morgan fingerprint density at radius 3 is 2.62 bits per heavy atom. The first kappa shape index (κ1) is 29.8. The number of halogens is 3. The minimum absolute atomic E-state index is 0. The van der Waals surface area contributed by atoms with Gasteiger partial charge in [-0.15, -0.1) is 0 Å². The van der Waals surface area contributed by atoms with Gasteiger partial charge in [-0.1, -0.05) is 56.1 Å². The van der Waals surface area contributed by atoms with Crippen molar-refractivity contribution in [1.82, 2.24) is 10.3 Å². The molecule has 9 nitrogen and oxygen atoms in total. The van der Waals surface area contributed by atoms with Crippen molar-refractivity contribution in [3.8, 4) is 5.75 Å². The highest BCUT2D eigenvalue weighted by atomic mass is 35.5. The molecule has 5 rings (SSSR count). The predicted octanol–water partition coefficient (Wildman–Crippen LogP) is 5.27. The maximum atomic E-state index is 15.9. The van der Waals surface area contributed by atoms with Crippen molar-refractivity contribution < 1.29 is 24.9 Å². The van der Waals surface area contributed by atoms with Crippen LogP contribution in [0.2, 0.25) is 10.2 Å². The van der Waals surface area contributed by atoms with Crippen molar-refractivity contribution in [2.45, 2.75) is 50.6 Å². The zero-order valence-corrected chi connectivity index (χ0v) is 24.9. The molecule has 0 unspecified atom stereocenters. The Morgan fingerprint density at radius 1 is 1.21 bits per heavy atom. The lowest BCUT2D eigenvalue weighted by molar-refractivity contribution is -0.122. The van der Waals surface area contributed by atoms with Gasteiger partial charge in [-0.25, -0.2) is 9.37 Å². The van der Waals surface area contributed by atoms with Gasteiger partial charge in [-0.3, -0.25) is 14.4 Å². The van der Waals surface area contributed by atoms with Gasteiger partial charge in [-0.2, -0.15) is 0 Å². The van der Waals surface area contributed by atoms with Gasteiger partial charge in [0, 0.05) is 36.4 Å². The Kier molecular flexibility index (Phi) is 7.67. The average molecular weight is 617 g/mol. The largest absolute Gasteiger partial charge is 0.495 e. The molecule has 0 aliphatic carbocycles. The molecule has 4 atom stereocenters. The molecule has 1 aromatic heterocycles. The Balaban J connectivity index is 0.00000423. The molecule has 222 valence electrons. The number of carbonyl (C=O) groups excluding carboxylic acids is 3. The van der Waals surface area contributed by atoms with Crippen LogP contribution in [-0.4, -0.2) is 41.9 Å². The molecule has 2 aromatic carbocycles. The van der Waals surface area contributed by atoms with Crippen LogP contribution >= 0.6 is 23.2 Å². The van der Waals surface area contributed by atoms with E-state index >= 15 is 4.39 Å². The van der Waals surface area contributed by atoms with Crippen LogP contribution in [0.3, 0.4) is 0 Å². The van der Waals surface area contributed by atoms with E-state index in [1.165, 1.54) is 43.6 Å². The van der Waals surface area contributed by atoms with E-state index in [0.717, 1.165) is 0 Å². The molecule has 3 aromatic rings. The second-order valence-corrected chi connectivity index (χ2v) is 12.5. The number of methoxy groups -OCH3 is 1. The number of nitrogens with zero attached hydrogens (tertiary/aromatic N) is 1. The van der Waals surface area contributed by atoms with E-state index in [4.69, 9.17) is 33.7 Å². The van der Waals surface area contributed by atoms with Crippen LogP contribution in [0.15, 0.2) is 48.7 Å². The minimum Gasteiger partial charge on any atom is -0.495 e. The van der Waals surface area contributed by atoms with Crippen LogP contribution in [0.1, 0.15) is 56.0 Å². The quantitative estimate of drug-likeness (QED) is 0.279. The second kappa shape index (κ2) is 10.8. The highest BCUT2D eigenvalue weighted by Gasteiger charge is 2.66. The highest BCUT2D eigenvalue weighted by Crippen LogP contribution is 2.57. The third-order valence-electron chi connectivity index (χ3n) is 7.85. The van der Waals surface area contributed by atoms with Gasteiger partial charge in [0.15, 0.2) is 0 Å². The highest BCUT2D eigenvalue weighted by molar-refractivity contribution is 6.31. The number of pyridine rings is 1. The van der Waals surface area contributed by atoms with E-state index in [9.17, 15) is 14.4 Å². The number of nitrogens with one attached hydrogen (secondary N) is 3. The number of amides is 3. The molecular weight excluding hydrogens is 584 g/mol. The maximum Gasteiger partial charge on any atom is 0.248 e. The minimum atomic E-state index is -1.45. The third kappa shape index (κ3) is 4.97. The molecule has 3 amide bonds. The van der Waals surface area contributed by atoms with Gasteiger partial charge in [0.25, 0.3) is 0 Å². The summed E-state index contributed by atoms with van der Waals surface area (Å²) < 4.78 is 21.3. The molecule has 2 aliphatic heterocycles. The number of benzene rings is 2. The van der Waals surface area contributed by atoms with Crippen LogP contribution < -0.4 is 26.4 Å². The normalized spacial score (nSPS) is 23.0. The lowest BCUT2D eigenvalue weighted by atomic mass is 9.62. The summed E-state index contributed by atoms with van der Waals surface area (Å²) in [5.41, 5.74) is 5.14. The number of nitrogens with two attached hydrogens (primary N) is 1. The van der Waals surface area contributed by atoms with Crippen molar-refractivity contribution in [3.05, 3.63) is 81.3 Å². The van der Waals surface area contributed by atoms with Gasteiger partial charge < -0.3 is 26.4 Å². The first-order chi connectivity index (χ1) is 19.8. The van der Waals surface area contributed by atoms with Gasteiger partial charge in [0.05, 0.1) is 23.9 Å². The van der Waals surface area contributed by atoms with E-state index in [0.29, 0.717) is 17.7 Å². The Hall–Kier alpha value is -3.73. The van der Waals surface area contributed by atoms with E-state index < -0.39 is 47.0 Å². The lowest BCUT2D eigenvalue weighted by Crippen LogP contribution is -2.49. The summed E-state index contributed by atoms with van der Waals surface area (Å²) in [4.78, 5) is 44.3. The molecule has 1 spiro atoms. The lowest BCUT2D eigenvalue weighted by Gasteiger charge is -2.37. The van der Waals surface area contributed by atoms with Crippen LogP contribution in [0.25, 0.3) is 0 Å². The molecule has 3 heterocycles. The third-order valence-corrected chi connectivity index (χ3v) is 8.35. The summed E-state index contributed by atoms with van der Waals surface area (Å²) in [7, 11) is 1.39. The van der Waals surface area contributed by atoms with Crippen molar-refractivity contribution in [2.75, 3.05) is 17.7 Å². The molecular formula is C30H32Cl2FN5O4. The number of aromatic nitrogens is 1. The zero-order chi connectivity index (χ0) is 30.6. The summed E-state index contributed by atoms with van der Waals surface area (Å²) in [5.74, 6) is -3.21. The fourth-order valence-electron chi connectivity index (χ4n) is 6.19. The Bertz CT molecular complexity index is 1620. The van der Waals surface area contributed by atoms with Crippen molar-refractivity contribution in [2.24, 2.45) is 11.1 Å². The van der Waals surface area contributed by atoms with Gasteiger partial charge >= 0.3 is 0 Å². The van der Waals surface area contributed by atoms with Crippen LogP contribution in [-0.2, 0) is 15.0 Å². The fourth-order valence-corrected chi connectivity index (χ4v) is 6.53. The van der Waals surface area contributed by atoms with Gasteiger partial charge in [-0.05, 0) is 47.7 Å². The van der Waals surface area contributed by atoms with Crippen LogP contribution in [0.5, 0.6) is 5.75 Å². The standard InChI is InChI=1S/C30H30Cl2FN5O4.H2/c1-29(2,3)12-21-30(16-13-35-22(32)11-19(16)37-28(30)41)23(15-6-5-7-17(31)24(15)33)25(38-21)27(40)36-18-9-8-14(26(34)39)10-20(18)42-4;/h5-11,13,21,23,25,38H,12H2,1-4H3,(H2,34,39)(H,36,40)(H,37,41);1H/t21-,23-,25+,30+;/m0./s1. The molecule has 5 N–H and O–H groups in total. The van der Waals surface area contributed by atoms with E-state index in [1.807, 2.05) is 20.8 Å². The molecule has 2 aliphatic rings. The second-order valence-electron chi connectivity index (χ2n) is 11.7. The topological polar surface area (TPSA) is 135 Å². The SMILES string of the molecule is COc1cc(C(N)=O)ccc1NC(=O)[C@@H]1N[C@@H](CC(C)(C)C)[C@@]2(C(=O)Nc3cc(Cl)ncc32)[C@H]1c1cccc(Cl)c1F.[HH]. The number of carbonyl (C=O) groups is 3. The van der Waals surface area contributed by atoms with Gasteiger partial charge in [0.1, 0.15) is 22.1 Å². The van der Waals surface area contributed by atoms with E-state index in [-0.39, 0.29) is 39.6 Å². The number of hydrogen-bond acceptors (Lipinski definition) is 6. The summed E-state index contributed by atoms with van der Waals surface area (Å²) in [6, 6.07) is 8.69. The first-order valence-electron chi connectivity index (χ1n) is 13.2. The van der Waals surface area contributed by atoms with Crippen molar-refractivity contribution >= 4 is 52.3 Å². The fraction of sp³-hybridized carbons (Fsp3) is 0.333. The maximum absolute atomic E-state index is 15.9. The molecule has 42 heavy (non-hydrogen) atoms. The monoisotopic (exact) mass is 615 g/mol. The van der Waals surface area contributed by atoms with Crippen LogP contribution in [0.4, 0.5) is 15.8 Å². The summed E-state index contributed by atoms with van der Waals surface area (Å²) in [6.45, 7) is 6.05. The van der Waals surface area contributed by atoms with E-state index in [1.54, 1.807) is 12.1 Å². The first-order valence-corrected chi connectivity index (χ1v) is 14.0. The summed E-state index contributed by atoms with van der Waals surface area (Å²) >= 11 is 12.4. The molecule has 12 heteroatoms. The summed E-state index contributed by atoms with van der Waals surface area (Å²) in [5, 5.41) is 9.17. The average Bonchev–Trinajstić information content (AvgIpc) is 3.39. The molecule has 0 saturated carbocycles. The zero-order valence-electron chi connectivity index (χ0n) is 23.3. The number of primary amides is 1. The molecule has 1 saturated heterocycles. The van der Waals surface area contributed by atoms with Crippen molar-refractivity contribution in [3.63, 3.8) is 0 Å². The number of ether oxygens (including phenoxy) is 1. The number of anilines is 2. The summed E-state index contributed by atoms with van der Waals surface area (Å²) in [6.07, 6.45) is 1.95. The molecule has 0 radical (unpaired) electrons. The number of rotatable bonds is 6. The smallest absolute Gasteiger partial charge is 0.248 e. The van der Waals surface area contributed by atoms with Crippen molar-refractivity contribution in [1.29, 1.82) is 0 Å². The van der Waals surface area contributed by atoms with Crippen LogP contribution in [0, 0.1) is 11.2 Å². The van der Waals surface area contributed by atoms with E-state index in [2.05, 4.69) is 20.9 Å². The predicted molar refractivity (Wildman–Crippen MR) is 161 cm³/mol. The Labute approximate surface area is 253 Å². The Morgan fingerprint density at radius 2 is 1.95 bits per heavy atom. The molecule has 0 bridgehead atoms. The molecule has 1 fully saturated rings. The van der Waals surface area contributed by atoms with Gasteiger partial charge in [0.2, 0.25) is 17.7 Å². The number of fused-ring (bicyclic) bond motifs is 2. The number of hydrogen-bond donors (Lipinski definition) is 4.